The molecule has 0 spiro atoms. The molecule has 0 atom stereocenters. The van der Waals surface area contributed by atoms with Gasteiger partial charge in [-0.05, 0) is 42.9 Å². The summed E-state index contributed by atoms with van der Waals surface area (Å²) in [7, 11) is 0. The normalized spacial score (nSPS) is 10.6. The number of benzene rings is 2. The number of hydrogen-bond acceptors (Lipinski definition) is 4. The van der Waals surface area contributed by atoms with Crippen LogP contribution in [0.4, 0.5) is 5.13 Å². The lowest BCUT2D eigenvalue weighted by molar-refractivity contribution is 0.0977. The molecule has 1 heterocycles. The van der Waals surface area contributed by atoms with Crippen molar-refractivity contribution in [1.29, 1.82) is 0 Å². The lowest BCUT2D eigenvalue weighted by atomic mass is 10.1. The summed E-state index contributed by atoms with van der Waals surface area (Å²) in [6.07, 6.45) is 0. The summed E-state index contributed by atoms with van der Waals surface area (Å²) in [5.74, 6) is -0.271. The number of nitrogens with one attached hydrogen (secondary N) is 2. The van der Waals surface area contributed by atoms with Crippen molar-refractivity contribution in [2.75, 3.05) is 5.32 Å². The lowest BCUT2D eigenvalue weighted by Gasteiger charge is -2.08. The summed E-state index contributed by atoms with van der Waals surface area (Å²) >= 11 is 18.7. The molecule has 1 amide bonds. The van der Waals surface area contributed by atoms with E-state index in [1.54, 1.807) is 18.2 Å². The van der Waals surface area contributed by atoms with Gasteiger partial charge in [-0.3, -0.25) is 10.1 Å². The second-order valence-electron chi connectivity index (χ2n) is 4.95. The Hall–Kier alpha value is -1.73. The molecule has 24 heavy (non-hydrogen) atoms. The van der Waals surface area contributed by atoms with Crippen LogP contribution < -0.4 is 10.6 Å². The van der Waals surface area contributed by atoms with Crippen LogP contribution in [0.15, 0.2) is 36.4 Å². The maximum Gasteiger partial charge on any atom is 0.257 e. The monoisotopic (exact) mass is 395 g/mol. The predicted octanol–water partition coefficient (Wildman–Crippen LogP) is 5.04. The molecular weight excluding hydrogens is 385 g/mol. The summed E-state index contributed by atoms with van der Waals surface area (Å²) in [6, 6.07) is 10.8. The molecule has 0 saturated carbocycles. The number of fused-ring (bicyclic) bond motifs is 1. The van der Waals surface area contributed by atoms with Crippen LogP contribution in [-0.4, -0.2) is 16.0 Å². The van der Waals surface area contributed by atoms with Crippen molar-refractivity contribution in [2.24, 2.45) is 0 Å². The highest BCUT2D eigenvalue weighted by molar-refractivity contribution is 7.80. The van der Waals surface area contributed by atoms with Crippen molar-refractivity contribution < 1.29 is 4.79 Å². The van der Waals surface area contributed by atoms with E-state index in [9.17, 15) is 4.79 Å². The largest absolute Gasteiger partial charge is 0.308 e. The summed E-state index contributed by atoms with van der Waals surface area (Å²) in [6.45, 7) is 1.87. The van der Waals surface area contributed by atoms with Gasteiger partial charge < -0.3 is 5.32 Å². The zero-order valence-corrected chi connectivity index (χ0v) is 15.5. The topological polar surface area (TPSA) is 54.0 Å². The highest BCUT2D eigenvalue weighted by atomic mass is 35.5. The van der Waals surface area contributed by atoms with Gasteiger partial charge in [-0.25, -0.2) is 4.98 Å². The number of rotatable bonds is 2. The summed E-state index contributed by atoms with van der Waals surface area (Å²) in [5.41, 5.74) is 2.05. The SMILES string of the molecule is Cc1ccccc1C(=O)NC(=S)Nc1nc2c(Cl)c(Cl)ccc2s1. The van der Waals surface area contributed by atoms with Crippen molar-refractivity contribution in [3.63, 3.8) is 0 Å². The Bertz CT molecular complexity index is 956. The van der Waals surface area contributed by atoms with Gasteiger partial charge in [0.1, 0.15) is 5.52 Å². The summed E-state index contributed by atoms with van der Waals surface area (Å²) in [5, 5.41) is 7.09. The Kier molecular flexibility index (Phi) is 5.01. The molecule has 122 valence electrons. The fraction of sp³-hybridized carbons (Fsp3) is 0.0625. The zero-order valence-electron chi connectivity index (χ0n) is 12.4. The van der Waals surface area contributed by atoms with Gasteiger partial charge in [0.15, 0.2) is 10.2 Å². The van der Waals surface area contributed by atoms with Crippen LogP contribution >= 0.6 is 46.8 Å². The smallest absolute Gasteiger partial charge is 0.257 e. The van der Waals surface area contributed by atoms with Crippen LogP contribution in [0, 0.1) is 6.92 Å². The van der Waals surface area contributed by atoms with E-state index >= 15 is 0 Å². The number of thiocarbonyl (C=S) groups is 1. The number of carbonyl (C=O) groups is 1. The highest BCUT2D eigenvalue weighted by Gasteiger charge is 2.13. The molecule has 2 N–H and O–H groups in total. The average Bonchev–Trinajstić information content (AvgIpc) is 2.94. The Morgan fingerprint density at radius 3 is 2.71 bits per heavy atom. The zero-order chi connectivity index (χ0) is 17.3. The number of aromatic nitrogens is 1. The Morgan fingerprint density at radius 1 is 1.21 bits per heavy atom. The van der Waals surface area contributed by atoms with Gasteiger partial charge in [-0.1, -0.05) is 52.7 Å². The Balaban J connectivity index is 1.74. The molecule has 0 aliphatic rings. The number of carbonyl (C=O) groups excluding carboxylic acids is 1. The second-order valence-corrected chi connectivity index (χ2v) is 7.17. The molecule has 0 unspecified atom stereocenters. The average molecular weight is 396 g/mol. The van der Waals surface area contributed by atoms with Gasteiger partial charge in [-0.2, -0.15) is 0 Å². The third-order valence-corrected chi connectivity index (χ3v) is 5.22. The van der Waals surface area contributed by atoms with Gasteiger partial charge in [0.05, 0.1) is 14.7 Å². The van der Waals surface area contributed by atoms with Crippen molar-refractivity contribution in [3.05, 3.63) is 57.6 Å². The number of nitrogens with zero attached hydrogens (tertiary/aromatic N) is 1. The van der Waals surface area contributed by atoms with Crippen molar-refractivity contribution in [1.82, 2.24) is 10.3 Å². The van der Waals surface area contributed by atoms with E-state index in [1.165, 1.54) is 11.3 Å². The van der Waals surface area contributed by atoms with Crippen LogP contribution in [0.1, 0.15) is 15.9 Å². The quantitative estimate of drug-likeness (QED) is 0.596. The van der Waals surface area contributed by atoms with E-state index in [0.29, 0.717) is 26.3 Å². The lowest BCUT2D eigenvalue weighted by Crippen LogP contribution is -2.34. The molecule has 0 aliphatic heterocycles. The third-order valence-electron chi connectivity index (χ3n) is 3.29. The van der Waals surface area contributed by atoms with Gasteiger partial charge in [0.2, 0.25) is 0 Å². The van der Waals surface area contributed by atoms with E-state index in [0.717, 1.165) is 10.3 Å². The van der Waals surface area contributed by atoms with Crippen LogP contribution in [0.25, 0.3) is 10.2 Å². The fourth-order valence-electron chi connectivity index (χ4n) is 2.12. The molecule has 0 saturated heterocycles. The molecule has 3 rings (SSSR count). The van der Waals surface area contributed by atoms with E-state index in [1.807, 2.05) is 25.1 Å². The van der Waals surface area contributed by atoms with E-state index in [4.69, 9.17) is 35.4 Å². The van der Waals surface area contributed by atoms with Gasteiger partial charge >= 0.3 is 0 Å². The van der Waals surface area contributed by atoms with Crippen molar-refractivity contribution in [2.45, 2.75) is 6.92 Å². The second kappa shape index (κ2) is 7.03. The molecule has 1 aromatic heterocycles. The van der Waals surface area contributed by atoms with Crippen molar-refractivity contribution >= 4 is 73.1 Å². The Morgan fingerprint density at radius 2 is 1.96 bits per heavy atom. The standard InChI is InChI=1S/C16H11Cl2N3OS2/c1-8-4-2-3-5-9(8)14(22)20-15(23)21-16-19-13-11(24-16)7-6-10(17)12(13)18/h2-7H,1H3,(H2,19,20,21,22,23). The number of thiazole rings is 1. The van der Waals surface area contributed by atoms with Crippen LogP contribution in [0.2, 0.25) is 10.0 Å². The first-order chi connectivity index (χ1) is 11.5. The minimum absolute atomic E-state index is 0.171. The first-order valence-electron chi connectivity index (χ1n) is 6.88. The van der Waals surface area contributed by atoms with E-state index in [2.05, 4.69) is 15.6 Å². The number of aryl methyl sites for hydroxylation is 1. The minimum atomic E-state index is -0.271. The van der Waals surface area contributed by atoms with E-state index in [-0.39, 0.29) is 11.0 Å². The molecule has 2 aromatic carbocycles. The van der Waals surface area contributed by atoms with Gasteiger partial charge in [-0.15, -0.1) is 0 Å². The molecule has 8 heteroatoms. The predicted molar refractivity (Wildman–Crippen MR) is 105 cm³/mol. The number of amides is 1. The Labute approximate surface area is 157 Å². The molecule has 0 bridgehead atoms. The van der Waals surface area contributed by atoms with Crippen LogP contribution in [0.5, 0.6) is 0 Å². The molecule has 0 fully saturated rings. The third kappa shape index (κ3) is 3.52. The first-order valence-corrected chi connectivity index (χ1v) is 8.86. The number of anilines is 1. The molecular formula is C16H11Cl2N3OS2. The summed E-state index contributed by atoms with van der Waals surface area (Å²) in [4.78, 5) is 16.6. The number of halogens is 2. The first kappa shape index (κ1) is 17.1. The minimum Gasteiger partial charge on any atom is -0.308 e. The summed E-state index contributed by atoms with van der Waals surface area (Å²) < 4.78 is 0.875. The van der Waals surface area contributed by atoms with Gasteiger partial charge in [0, 0.05) is 5.56 Å². The molecule has 3 aromatic rings. The van der Waals surface area contributed by atoms with Crippen LogP contribution in [0.3, 0.4) is 0 Å². The van der Waals surface area contributed by atoms with E-state index < -0.39 is 0 Å². The van der Waals surface area contributed by atoms with Crippen molar-refractivity contribution in [3.8, 4) is 0 Å². The maximum atomic E-state index is 12.2. The molecule has 0 aliphatic carbocycles. The molecule has 4 nitrogen and oxygen atoms in total. The molecule has 0 radical (unpaired) electrons. The maximum absolute atomic E-state index is 12.2. The van der Waals surface area contributed by atoms with Crippen LogP contribution in [-0.2, 0) is 0 Å². The number of hydrogen-bond donors (Lipinski definition) is 2. The highest BCUT2D eigenvalue weighted by Crippen LogP contribution is 2.35. The van der Waals surface area contributed by atoms with Gasteiger partial charge in [0.25, 0.3) is 5.91 Å². The fourth-order valence-corrected chi connectivity index (χ4v) is 3.67.